The fourth-order valence-corrected chi connectivity index (χ4v) is 1.85. The second-order valence-corrected chi connectivity index (χ2v) is 5.03. The minimum absolute atomic E-state index is 0.0351. The smallest absolute Gasteiger partial charge is 0.262 e. The van der Waals surface area contributed by atoms with Gasteiger partial charge >= 0.3 is 0 Å². The van der Waals surface area contributed by atoms with Gasteiger partial charge < -0.3 is 15.0 Å². The van der Waals surface area contributed by atoms with E-state index < -0.39 is 6.10 Å². The fourth-order valence-electron chi connectivity index (χ4n) is 1.85. The third-order valence-electron chi connectivity index (χ3n) is 3.22. The van der Waals surface area contributed by atoms with Crippen LogP contribution >= 0.6 is 0 Å². The van der Waals surface area contributed by atoms with Crippen LogP contribution in [0.4, 0.5) is 0 Å². The molecule has 0 radical (unpaired) electrons. The van der Waals surface area contributed by atoms with Crippen LogP contribution in [0.1, 0.15) is 31.0 Å². The van der Waals surface area contributed by atoms with Gasteiger partial charge in [0.15, 0.2) is 6.10 Å². The molecule has 2 atom stereocenters. The van der Waals surface area contributed by atoms with Crippen molar-refractivity contribution in [1.82, 2.24) is 10.2 Å². The Balaban J connectivity index is 2.83. The Labute approximate surface area is 115 Å². The molecule has 2 unspecified atom stereocenters. The molecule has 0 saturated carbocycles. The second-order valence-electron chi connectivity index (χ2n) is 5.03. The van der Waals surface area contributed by atoms with Gasteiger partial charge in [-0.3, -0.25) is 4.79 Å². The first-order valence-corrected chi connectivity index (χ1v) is 6.52. The lowest BCUT2D eigenvalue weighted by Gasteiger charge is -2.20. The molecule has 0 aromatic heterocycles. The fraction of sp³-hybridized carbons (Fsp3) is 0.533. The predicted molar refractivity (Wildman–Crippen MR) is 77.4 cm³/mol. The molecule has 19 heavy (non-hydrogen) atoms. The van der Waals surface area contributed by atoms with E-state index in [1.54, 1.807) is 21.0 Å². The average molecular weight is 264 g/mol. The lowest BCUT2D eigenvalue weighted by molar-refractivity contribution is -0.135. The molecule has 4 nitrogen and oxygen atoms in total. The zero-order chi connectivity index (χ0) is 14.6. The number of hydrogen-bond donors (Lipinski definition) is 1. The van der Waals surface area contributed by atoms with Crippen molar-refractivity contribution in [3.63, 3.8) is 0 Å². The Morgan fingerprint density at radius 1 is 1.32 bits per heavy atom. The monoisotopic (exact) mass is 264 g/mol. The number of amides is 1. The molecule has 0 heterocycles. The van der Waals surface area contributed by atoms with Crippen molar-refractivity contribution < 1.29 is 9.53 Å². The van der Waals surface area contributed by atoms with Crippen molar-refractivity contribution in [3.8, 4) is 5.75 Å². The number of ether oxygens (including phenoxy) is 1. The zero-order valence-corrected chi connectivity index (χ0v) is 12.7. The van der Waals surface area contributed by atoms with E-state index in [1.807, 2.05) is 26.1 Å². The average Bonchev–Trinajstić information content (AvgIpc) is 2.38. The number of nitrogens with one attached hydrogen (secondary N) is 1. The van der Waals surface area contributed by atoms with E-state index in [1.165, 1.54) is 10.5 Å². The minimum Gasteiger partial charge on any atom is -0.481 e. The van der Waals surface area contributed by atoms with Gasteiger partial charge in [0, 0.05) is 20.1 Å². The highest BCUT2D eigenvalue weighted by atomic mass is 16.5. The van der Waals surface area contributed by atoms with Gasteiger partial charge in [0.2, 0.25) is 0 Å². The Bertz CT molecular complexity index is 444. The summed E-state index contributed by atoms with van der Waals surface area (Å²) in [4.78, 5) is 13.3. The van der Waals surface area contributed by atoms with Crippen LogP contribution in [0.25, 0.3) is 0 Å². The van der Waals surface area contributed by atoms with Crippen LogP contribution in [0.15, 0.2) is 18.2 Å². The number of aryl methyl sites for hydroxylation is 1. The quantitative estimate of drug-likeness (QED) is 0.886. The highest BCUT2D eigenvalue weighted by Gasteiger charge is 2.17. The van der Waals surface area contributed by atoms with Crippen LogP contribution in [0.5, 0.6) is 5.75 Å². The van der Waals surface area contributed by atoms with Crippen molar-refractivity contribution in [1.29, 1.82) is 0 Å². The molecule has 1 aromatic carbocycles. The summed E-state index contributed by atoms with van der Waals surface area (Å²) in [6, 6.07) is 6.34. The zero-order valence-electron chi connectivity index (χ0n) is 12.7. The number of benzene rings is 1. The summed E-state index contributed by atoms with van der Waals surface area (Å²) in [5.41, 5.74) is 2.25. The molecule has 0 aliphatic rings. The molecule has 106 valence electrons. The maximum absolute atomic E-state index is 11.8. The highest BCUT2D eigenvalue weighted by Crippen LogP contribution is 2.23. The van der Waals surface area contributed by atoms with E-state index in [4.69, 9.17) is 4.74 Å². The van der Waals surface area contributed by atoms with E-state index in [9.17, 15) is 4.79 Å². The first-order chi connectivity index (χ1) is 8.86. The number of nitrogens with zero attached hydrogens (tertiary/aromatic N) is 1. The summed E-state index contributed by atoms with van der Waals surface area (Å²) in [6.45, 7) is 5.87. The van der Waals surface area contributed by atoms with Gasteiger partial charge in [-0.25, -0.2) is 0 Å². The summed E-state index contributed by atoms with van der Waals surface area (Å²) in [7, 11) is 5.39. The highest BCUT2D eigenvalue weighted by molar-refractivity contribution is 5.80. The van der Waals surface area contributed by atoms with Crippen LogP contribution in [-0.4, -0.2) is 38.1 Å². The molecule has 0 spiro atoms. The van der Waals surface area contributed by atoms with Crippen LogP contribution in [0.3, 0.4) is 0 Å². The molecule has 4 heteroatoms. The number of carbonyl (C=O) groups excluding carboxylic acids is 1. The van der Waals surface area contributed by atoms with Gasteiger partial charge in [-0.2, -0.15) is 0 Å². The van der Waals surface area contributed by atoms with Crippen molar-refractivity contribution >= 4 is 5.91 Å². The molecule has 1 N–H and O–H groups in total. The Kier molecular flexibility index (Phi) is 5.36. The summed E-state index contributed by atoms with van der Waals surface area (Å²) in [5.74, 6) is 0.724. The van der Waals surface area contributed by atoms with Gasteiger partial charge in [-0.05, 0) is 45.0 Å². The molecule has 1 aromatic rings. The van der Waals surface area contributed by atoms with Crippen molar-refractivity contribution in [2.24, 2.45) is 0 Å². The first-order valence-electron chi connectivity index (χ1n) is 6.52. The van der Waals surface area contributed by atoms with Crippen molar-refractivity contribution in [2.45, 2.75) is 32.9 Å². The summed E-state index contributed by atoms with van der Waals surface area (Å²) >= 11 is 0. The summed E-state index contributed by atoms with van der Waals surface area (Å²) in [5, 5.41) is 3.20. The molecule has 1 amide bonds. The third kappa shape index (κ3) is 3.96. The molecule has 0 aliphatic carbocycles. The number of hydrogen-bond acceptors (Lipinski definition) is 3. The lowest BCUT2D eigenvalue weighted by atomic mass is 10.1. The summed E-state index contributed by atoms with van der Waals surface area (Å²) < 4.78 is 5.72. The predicted octanol–water partition coefficient (Wildman–Crippen LogP) is 2.13. The van der Waals surface area contributed by atoms with Gasteiger partial charge in [-0.15, -0.1) is 0 Å². The molecule has 0 aliphatic heterocycles. The maximum Gasteiger partial charge on any atom is 0.262 e. The molecule has 0 fully saturated rings. The van der Waals surface area contributed by atoms with E-state index >= 15 is 0 Å². The first kappa shape index (κ1) is 15.5. The molecular weight excluding hydrogens is 240 g/mol. The number of carbonyl (C=O) groups is 1. The van der Waals surface area contributed by atoms with Gasteiger partial charge in [0.25, 0.3) is 5.91 Å². The number of likely N-dealkylation sites (N-methyl/N-ethyl adjacent to an activating group) is 1. The topological polar surface area (TPSA) is 41.6 Å². The third-order valence-corrected chi connectivity index (χ3v) is 3.22. The molecule has 0 saturated heterocycles. The van der Waals surface area contributed by atoms with E-state index in [0.717, 1.165) is 11.3 Å². The maximum atomic E-state index is 11.8. The normalized spacial score (nSPS) is 13.8. The van der Waals surface area contributed by atoms with Crippen molar-refractivity contribution in [3.05, 3.63) is 29.3 Å². The van der Waals surface area contributed by atoms with E-state index in [0.29, 0.717) is 6.04 Å². The van der Waals surface area contributed by atoms with Crippen LogP contribution < -0.4 is 10.1 Å². The van der Waals surface area contributed by atoms with Crippen molar-refractivity contribution in [2.75, 3.05) is 21.1 Å². The second kappa shape index (κ2) is 6.57. The number of rotatable bonds is 5. The molecule has 1 rings (SSSR count). The van der Waals surface area contributed by atoms with Gasteiger partial charge in [-0.1, -0.05) is 12.1 Å². The standard InChI is InChI=1S/C15H24N2O2/c1-10-9-13(11(2)16-4)7-8-14(10)19-12(3)15(18)17(5)6/h7-9,11-12,16H,1-6H3. The largest absolute Gasteiger partial charge is 0.481 e. The van der Waals surface area contributed by atoms with Crippen LogP contribution in [-0.2, 0) is 4.79 Å². The van der Waals surface area contributed by atoms with E-state index in [-0.39, 0.29) is 5.91 Å². The SMILES string of the molecule is CNC(C)c1ccc(OC(C)C(=O)N(C)C)c(C)c1. The minimum atomic E-state index is -0.471. The molecule has 0 bridgehead atoms. The Morgan fingerprint density at radius 3 is 2.42 bits per heavy atom. The van der Waals surface area contributed by atoms with Crippen LogP contribution in [0.2, 0.25) is 0 Å². The Hall–Kier alpha value is -1.55. The van der Waals surface area contributed by atoms with E-state index in [2.05, 4.69) is 18.3 Å². The molecular formula is C15H24N2O2. The van der Waals surface area contributed by atoms with Gasteiger partial charge in [0.1, 0.15) is 5.75 Å². The lowest BCUT2D eigenvalue weighted by Crippen LogP contribution is -2.35. The van der Waals surface area contributed by atoms with Gasteiger partial charge in [0.05, 0.1) is 0 Å². The summed E-state index contributed by atoms with van der Waals surface area (Å²) in [6.07, 6.45) is -0.471. The Morgan fingerprint density at radius 2 is 1.95 bits per heavy atom. The van der Waals surface area contributed by atoms with Crippen LogP contribution in [0, 0.1) is 6.92 Å².